The maximum Gasteiger partial charge on any atom is 0.228 e. The van der Waals surface area contributed by atoms with Crippen molar-refractivity contribution in [2.24, 2.45) is 0 Å². The Morgan fingerprint density at radius 1 is 0.967 bits per heavy atom. The van der Waals surface area contributed by atoms with Crippen LogP contribution in [0.25, 0.3) is 21.7 Å². The average molecular weight is 399 g/mol. The van der Waals surface area contributed by atoms with Crippen LogP contribution in [0.1, 0.15) is 5.56 Å². The van der Waals surface area contributed by atoms with Crippen LogP contribution in [-0.2, 0) is 11.2 Å². The number of nitrogens with zero attached hydrogens (tertiary/aromatic N) is 2. The molecule has 1 saturated heterocycles. The molecule has 0 unspecified atom stereocenters. The van der Waals surface area contributed by atoms with Crippen LogP contribution < -0.4 is 10.2 Å². The zero-order valence-electron chi connectivity index (χ0n) is 17.1. The van der Waals surface area contributed by atoms with Gasteiger partial charge in [0.25, 0.3) is 0 Å². The van der Waals surface area contributed by atoms with E-state index in [0.717, 1.165) is 64.9 Å². The summed E-state index contributed by atoms with van der Waals surface area (Å²) in [7, 11) is 2.14. The SMILES string of the molecule is CN1CCN(c2ccccc2NC(=O)Cc2coc3ccc4ccccc4c23)CC1. The highest BCUT2D eigenvalue weighted by molar-refractivity contribution is 6.09. The van der Waals surface area contributed by atoms with E-state index in [1.807, 2.05) is 36.4 Å². The van der Waals surface area contributed by atoms with Gasteiger partial charge in [0.1, 0.15) is 5.58 Å². The van der Waals surface area contributed by atoms with Gasteiger partial charge in [0, 0.05) is 37.1 Å². The highest BCUT2D eigenvalue weighted by Crippen LogP contribution is 2.31. The summed E-state index contributed by atoms with van der Waals surface area (Å²) >= 11 is 0. The standard InChI is InChI=1S/C25H25N3O2/c1-27-12-14-28(15-13-27)22-9-5-4-8-21(22)26-24(29)16-19-17-30-23-11-10-18-6-2-3-7-20(18)25(19)23/h2-11,17H,12-16H2,1H3,(H,26,29). The van der Waals surface area contributed by atoms with Crippen LogP contribution in [0.4, 0.5) is 11.4 Å². The van der Waals surface area contributed by atoms with Gasteiger partial charge in [-0.2, -0.15) is 0 Å². The minimum absolute atomic E-state index is 0.0350. The second-order valence-corrected chi connectivity index (χ2v) is 7.95. The first-order valence-electron chi connectivity index (χ1n) is 10.4. The molecule has 0 aliphatic carbocycles. The van der Waals surface area contributed by atoms with Gasteiger partial charge in [0.2, 0.25) is 5.91 Å². The van der Waals surface area contributed by atoms with E-state index in [-0.39, 0.29) is 12.3 Å². The quantitative estimate of drug-likeness (QED) is 0.548. The molecule has 1 aliphatic heterocycles. The van der Waals surface area contributed by atoms with Crippen molar-refractivity contribution in [2.75, 3.05) is 43.4 Å². The lowest BCUT2D eigenvalue weighted by Crippen LogP contribution is -2.44. The van der Waals surface area contributed by atoms with Crippen molar-refractivity contribution in [1.82, 2.24) is 4.90 Å². The smallest absolute Gasteiger partial charge is 0.228 e. The Bertz CT molecular complexity index is 1210. The summed E-state index contributed by atoms with van der Waals surface area (Å²) in [6.45, 7) is 3.97. The van der Waals surface area contributed by atoms with Gasteiger partial charge in [0.05, 0.1) is 24.1 Å². The zero-order chi connectivity index (χ0) is 20.5. The molecule has 5 heteroatoms. The van der Waals surface area contributed by atoms with Crippen molar-refractivity contribution < 1.29 is 9.21 Å². The first-order chi connectivity index (χ1) is 14.7. The van der Waals surface area contributed by atoms with Crippen LogP contribution in [-0.4, -0.2) is 44.0 Å². The predicted molar refractivity (Wildman–Crippen MR) is 122 cm³/mol. The maximum atomic E-state index is 13.0. The molecule has 152 valence electrons. The number of likely N-dealkylation sites (N-methyl/N-ethyl adjacent to an activating group) is 1. The van der Waals surface area contributed by atoms with Crippen molar-refractivity contribution >= 4 is 39.0 Å². The summed E-state index contributed by atoms with van der Waals surface area (Å²) in [4.78, 5) is 17.6. The van der Waals surface area contributed by atoms with E-state index in [2.05, 4.69) is 46.4 Å². The van der Waals surface area contributed by atoms with E-state index in [9.17, 15) is 4.79 Å². The molecule has 0 atom stereocenters. The summed E-state index contributed by atoms with van der Waals surface area (Å²) < 4.78 is 5.74. The average Bonchev–Trinajstić information content (AvgIpc) is 3.18. The molecule has 1 aromatic heterocycles. The van der Waals surface area contributed by atoms with E-state index < -0.39 is 0 Å². The molecule has 0 spiro atoms. The first kappa shape index (κ1) is 18.7. The first-order valence-corrected chi connectivity index (χ1v) is 10.4. The Hall–Kier alpha value is -3.31. The summed E-state index contributed by atoms with van der Waals surface area (Å²) in [5.74, 6) is -0.0350. The molecule has 0 radical (unpaired) electrons. The van der Waals surface area contributed by atoms with Gasteiger partial charge in [-0.15, -0.1) is 0 Å². The Kier molecular flexibility index (Phi) is 4.89. The van der Waals surface area contributed by atoms with Crippen LogP contribution in [0, 0.1) is 0 Å². The molecule has 5 nitrogen and oxygen atoms in total. The van der Waals surface area contributed by atoms with E-state index in [1.54, 1.807) is 6.26 Å². The second kappa shape index (κ2) is 7.84. The molecule has 1 N–H and O–H groups in total. The highest BCUT2D eigenvalue weighted by Gasteiger charge is 2.19. The summed E-state index contributed by atoms with van der Waals surface area (Å²) in [6, 6.07) is 20.3. The van der Waals surface area contributed by atoms with Crippen molar-refractivity contribution in [1.29, 1.82) is 0 Å². The molecule has 1 fully saturated rings. The lowest BCUT2D eigenvalue weighted by molar-refractivity contribution is -0.115. The van der Waals surface area contributed by atoms with Crippen molar-refractivity contribution in [2.45, 2.75) is 6.42 Å². The number of piperazine rings is 1. The van der Waals surface area contributed by atoms with E-state index >= 15 is 0 Å². The number of benzene rings is 3. The Balaban J connectivity index is 1.39. The van der Waals surface area contributed by atoms with E-state index in [0.29, 0.717) is 0 Å². The summed E-state index contributed by atoms with van der Waals surface area (Å²) in [6.07, 6.45) is 1.99. The number of anilines is 2. The highest BCUT2D eigenvalue weighted by atomic mass is 16.3. The third-order valence-electron chi connectivity index (χ3n) is 5.91. The topological polar surface area (TPSA) is 48.7 Å². The van der Waals surface area contributed by atoms with E-state index in [1.165, 1.54) is 0 Å². The number of fused-ring (bicyclic) bond motifs is 3. The molecule has 2 heterocycles. The van der Waals surface area contributed by atoms with Crippen LogP contribution in [0.2, 0.25) is 0 Å². The van der Waals surface area contributed by atoms with Crippen molar-refractivity contribution in [3.63, 3.8) is 0 Å². The van der Waals surface area contributed by atoms with Crippen LogP contribution in [0.5, 0.6) is 0 Å². The molecule has 1 aliphatic rings. The number of amides is 1. The maximum absolute atomic E-state index is 13.0. The van der Waals surface area contributed by atoms with Crippen LogP contribution in [0.15, 0.2) is 71.3 Å². The van der Waals surface area contributed by atoms with Gasteiger partial charge < -0.3 is 19.5 Å². The molecule has 30 heavy (non-hydrogen) atoms. The Morgan fingerprint density at radius 2 is 1.73 bits per heavy atom. The summed E-state index contributed by atoms with van der Waals surface area (Å²) in [5, 5.41) is 6.42. The van der Waals surface area contributed by atoms with Gasteiger partial charge in [-0.25, -0.2) is 0 Å². The van der Waals surface area contributed by atoms with E-state index in [4.69, 9.17) is 4.42 Å². The van der Waals surface area contributed by atoms with Gasteiger partial charge in [0.15, 0.2) is 0 Å². The molecule has 3 aromatic carbocycles. The molecular weight excluding hydrogens is 374 g/mol. The van der Waals surface area contributed by atoms with Gasteiger partial charge in [-0.3, -0.25) is 4.79 Å². The number of carbonyl (C=O) groups is 1. The molecule has 0 bridgehead atoms. The predicted octanol–water partition coefficient (Wildman–Crippen LogP) is 4.52. The zero-order valence-corrected chi connectivity index (χ0v) is 17.1. The number of furan rings is 1. The molecular formula is C25H25N3O2. The summed E-state index contributed by atoms with van der Waals surface area (Å²) in [5.41, 5.74) is 3.68. The number of hydrogen-bond donors (Lipinski definition) is 1. The molecule has 4 aromatic rings. The molecule has 0 saturated carbocycles. The molecule has 5 rings (SSSR count). The molecule has 1 amide bonds. The fourth-order valence-corrected chi connectivity index (χ4v) is 4.27. The number of rotatable bonds is 4. The lowest BCUT2D eigenvalue weighted by Gasteiger charge is -2.35. The Morgan fingerprint density at radius 3 is 2.60 bits per heavy atom. The third kappa shape index (κ3) is 3.53. The van der Waals surface area contributed by atoms with Crippen LogP contribution >= 0.6 is 0 Å². The van der Waals surface area contributed by atoms with Gasteiger partial charge in [-0.1, -0.05) is 42.5 Å². The number of carbonyl (C=O) groups excluding carboxylic acids is 1. The van der Waals surface area contributed by atoms with Crippen molar-refractivity contribution in [3.8, 4) is 0 Å². The fourth-order valence-electron chi connectivity index (χ4n) is 4.27. The largest absolute Gasteiger partial charge is 0.464 e. The van der Waals surface area contributed by atoms with Crippen molar-refractivity contribution in [3.05, 3.63) is 72.5 Å². The van der Waals surface area contributed by atoms with Crippen LogP contribution in [0.3, 0.4) is 0 Å². The Labute approximate surface area is 175 Å². The minimum atomic E-state index is -0.0350. The normalized spacial score (nSPS) is 15.0. The lowest BCUT2D eigenvalue weighted by atomic mass is 10.0. The number of hydrogen-bond acceptors (Lipinski definition) is 4. The fraction of sp³-hybridized carbons (Fsp3) is 0.240. The van der Waals surface area contributed by atoms with Gasteiger partial charge >= 0.3 is 0 Å². The monoisotopic (exact) mass is 399 g/mol. The third-order valence-corrected chi connectivity index (χ3v) is 5.91. The van der Waals surface area contributed by atoms with Gasteiger partial charge in [-0.05, 0) is 36.0 Å². The minimum Gasteiger partial charge on any atom is -0.464 e. The number of para-hydroxylation sites is 2. The number of nitrogens with one attached hydrogen (secondary N) is 1. The second-order valence-electron chi connectivity index (χ2n) is 7.95.